The zero-order valence-corrected chi connectivity index (χ0v) is 17.0. The van der Waals surface area contributed by atoms with Crippen molar-refractivity contribution in [3.8, 4) is 11.3 Å². The molecule has 2 fully saturated rings. The van der Waals surface area contributed by atoms with Crippen molar-refractivity contribution in [2.24, 2.45) is 17.8 Å². The maximum absolute atomic E-state index is 12.6. The maximum atomic E-state index is 12.6. The number of likely N-dealkylation sites (tertiary alicyclic amines) is 1. The van der Waals surface area contributed by atoms with E-state index in [0.29, 0.717) is 30.0 Å². The van der Waals surface area contributed by atoms with Crippen LogP contribution in [0.3, 0.4) is 0 Å². The second-order valence-electron chi connectivity index (χ2n) is 8.37. The number of rotatable bonds is 5. The van der Waals surface area contributed by atoms with Gasteiger partial charge in [0.25, 0.3) is 0 Å². The van der Waals surface area contributed by atoms with Crippen molar-refractivity contribution in [1.29, 1.82) is 0 Å². The molecular weight excluding hydrogens is 368 g/mol. The number of hydrogen-bond donors (Lipinski definition) is 0. The van der Waals surface area contributed by atoms with E-state index in [2.05, 4.69) is 18.8 Å². The highest BCUT2D eigenvalue weighted by Crippen LogP contribution is 2.36. The molecule has 1 aliphatic carbocycles. The molecule has 0 radical (unpaired) electrons. The fourth-order valence-corrected chi connectivity index (χ4v) is 4.57. The first-order valence-electron chi connectivity index (χ1n) is 10.5. The van der Waals surface area contributed by atoms with Gasteiger partial charge in [-0.25, -0.2) is 4.98 Å². The van der Waals surface area contributed by atoms with Gasteiger partial charge < -0.3 is 14.1 Å². The zero-order valence-electron chi connectivity index (χ0n) is 17.0. The Morgan fingerprint density at radius 2 is 2.03 bits per heavy atom. The number of nitrogens with zero attached hydrogens (tertiary/aromatic N) is 2. The summed E-state index contributed by atoms with van der Waals surface area (Å²) in [5, 5.41) is 0. The molecule has 0 bridgehead atoms. The third-order valence-corrected chi connectivity index (χ3v) is 6.51. The number of esters is 1. The molecule has 4 atom stereocenters. The summed E-state index contributed by atoms with van der Waals surface area (Å²) >= 11 is 0. The summed E-state index contributed by atoms with van der Waals surface area (Å²) in [5.41, 5.74) is 0.922. The molecule has 2 heterocycles. The molecule has 1 saturated carbocycles. The quantitative estimate of drug-likeness (QED) is 0.713. The molecule has 1 amide bonds. The molecule has 4 rings (SSSR count). The molecule has 29 heavy (non-hydrogen) atoms. The Morgan fingerprint density at radius 3 is 2.83 bits per heavy atom. The highest BCUT2D eigenvalue weighted by Gasteiger charge is 2.42. The zero-order chi connectivity index (χ0) is 20.4. The first kappa shape index (κ1) is 19.7. The lowest BCUT2D eigenvalue weighted by atomic mass is 9.77. The number of carbonyl (C=O) groups is 2. The van der Waals surface area contributed by atoms with Crippen LogP contribution in [0.25, 0.3) is 11.3 Å². The molecule has 6 heteroatoms. The Hall–Kier alpha value is -2.63. The topological polar surface area (TPSA) is 72.6 Å². The lowest BCUT2D eigenvalue weighted by Crippen LogP contribution is -2.45. The van der Waals surface area contributed by atoms with E-state index in [4.69, 9.17) is 9.15 Å². The summed E-state index contributed by atoms with van der Waals surface area (Å²) in [6.07, 6.45) is 5.25. The van der Waals surface area contributed by atoms with Gasteiger partial charge in [-0.2, -0.15) is 0 Å². The predicted octanol–water partition coefficient (Wildman–Crippen LogP) is 4.06. The van der Waals surface area contributed by atoms with E-state index in [-0.39, 0.29) is 30.9 Å². The summed E-state index contributed by atoms with van der Waals surface area (Å²) in [7, 11) is 0. The normalized spacial score (nSPS) is 27.2. The van der Waals surface area contributed by atoms with Gasteiger partial charge in [-0.1, -0.05) is 57.0 Å². The van der Waals surface area contributed by atoms with Crippen molar-refractivity contribution in [2.45, 2.75) is 52.2 Å². The van der Waals surface area contributed by atoms with E-state index < -0.39 is 5.92 Å². The molecule has 6 nitrogen and oxygen atoms in total. The summed E-state index contributed by atoms with van der Waals surface area (Å²) in [5.74, 6) is 1.38. The second kappa shape index (κ2) is 8.39. The minimum Gasteiger partial charge on any atom is -0.455 e. The summed E-state index contributed by atoms with van der Waals surface area (Å²) in [6, 6.07) is 9.89. The highest BCUT2D eigenvalue weighted by atomic mass is 16.5. The number of ether oxygens (including phenoxy) is 1. The number of aromatic nitrogens is 1. The maximum Gasteiger partial charge on any atom is 0.311 e. The molecule has 1 aliphatic heterocycles. The van der Waals surface area contributed by atoms with Crippen LogP contribution in [-0.4, -0.2) is 34.3 Å². The van der Waals surface area contributed by atoms with E-state index >= 15 is 0 Å². The Balaban J connectivity index is 1.33. The Morgan fingerprint density at radius 1 is 1.24 bits per heavy atom. The van der Waals surface area contributed by atoms with Crippen LogP contribution < -0.4 is 0 Å². The van der Waals surface area contributed by atoms with Crippen molar-refractivity contribution in [1.82, 2.24) is 9.88 Å². The van der Waals surface area contributed by atoms with E-state index in [9.17, 15) is 9.59 Å². The van der Waals surface area contributed by atoms with E-state index in [1.807, 2.05) is 35.2 Å². The van der Waals surface area contributed by atoms with Crippen LogP contribution in [0.1, 0.15) is 45.4 Å². The molecule has 0 spiro atoms. The van der Waals surface area contributed by atoms with Crippen molar-refractivity contribution in [3.05, 3.63) is 42.4 Å². The molecule has 1 aromatic carbocycles. The van der Waals surface area contributed by atoms with Gasteiger partial charge in [0.1, 0.15) is 0 Å². The molecule has 1 saturated heterocycles. The monoisotopic (exact) mass is 396 g/mol. The van der Waals surface area contributed by atoms with E-state index in [1.54, 1.807) is 6.20 Å². The van der Waals surface area contributed by atoms with Gasteiger partial charge in [0.2, 0.25) is 11.8 Å². The fraction of sp³-hybridized carbons (Fsp3) is 0.522. The van der Waals surface area contributed by atoms with Gasteiger partial charge >= 0.3 is 5.97 Å². The van der Waals surface area contributed by atoms with Gasteiger partial charge in [0, 0.05) is 24.6 Å². The van der Waals surface area contributed by atoms with Crippen LogP contribution in [0, 0.1) is 17.8 Å². The average molecular weight is 396 g/mol. The van der Waals surface area contributed by atoms with Crippen LogP contribution in [0.15, 0.2) is 40.9 Å². The van der Waals surface area contributed by atoms with E-state index in [1.165, 1.54) is 6.42 Å². The van der Waals surface area contributed by atoms with Crippen LogP contribution >= 0.6 is 0 Å². The SMILES string of the molecule is C[C@@H]1[C@H](C)CCC[C@@H]1N1C[C@H](C(=O)OCc2ncc(-c3ccccc3)o2)CC1=O. The summed E-state index contributed by atoms with van der Waals surface area (Å²) in [4.78, 5) is 31.2. The minimum atomic E-state index is -0.407. The largest absolute Gasteiger partial charge is 0.455 e. The minimum absolute atomic E-state index is 0.0206. The van der Waals surface area contributed by atoms with Crippen molar-refractivity contribution >= 4 is 11.9 Å². The fourth-order valence-electron chi connectivity index (χ4n) is 4.57. The lowest BCUT2D eigenvalue weighted by molar-refractivity contribution is -0.150. The van der Waals surface area contributed by atoms with Gasteiger partial charge in [0.15, 0.2) is 12.4 Å². The van der Waals surface area contributed by atoms with Crippen LogP contribution in [0.5, 0.6) is 0 Å². The lowest BCUT2D eigenvalue weighted by Gasteiger charge is -2.39. The number of benzene rings is 1. The molecule has 2 aromatic rings. The van der Waals surface area contributed by atoms with Gasteiger partial charge in [-0.15, -0.1) is 0 Å². The van der Waals surface area contributed by atoms with Crippen molar-refractivity contribution in [3.63, 3.8) is 0 Å². The molecular formula is C23H28N2O4. The van der Waals surface area contributed by atoms with E-state index in [0.717, 1.165) is 18.4 Å². The number of carbonyl (C=O) groups excluding carboxylic acids is 2. The van der Waals surface area contributed by atoms with Crippen molar-refractivity contribution < 1.29 is 18.7 Å². The third-order valence-electron chi connectivity index (χ3n) is 6.51. The second-order valence-corrected chi connectivity index (χ2v) is 8.37. The summed E-state index contributed by atoms with van der Waals surface area (Å²) < 4.78 is 11.1. The third kappa shape index (κ3) is 4.21. The molecule has 2 aliphatic rings. The Labute approximate surface area is 171 Å². The predicted molar refractivity (Wildman–Crippen MR) is 108 cm³/mol. The summed E-state index contributed by atoms with van der Waals surface area (Å²) in [6.45, 7) is 4.91. The Kier molecular flexibility index (Phi) is 5.69. The van der Waals surface area contributed by atoms with Crippen LogP contribution in [-0.2, 0) is 20.9 Å². The standard InChI is InChI=1S/C23H28N2O4/c1-15-7-6-10-19(16(15)2)25-13-18(11-22(25)26)23(27)28-14-21-24-12-20(29-21)17-8-4-3-5-9-17/h3-5,8-9,12,15-16,18-19H,6-7,10-11,13-14H2,1-2H3/t15-,16-,18-,19+/m1/s1. The number of amides is 1. The number of oxazole rings is 1. The van der Waals surface area contributed by atoms with Crippen LogP contribution in [0.2, 0.25) is 0 Å². The first-order chi connectivity index (χ1) is 14.0. The highest BCUT2D eigenvalue weighted by molar-refractivity contribution is 5.87. The van der Waals surface area contributed by atoms with Gasteiger partial charge in [-0.05, 0) is 18.3 Å². The average Bonchev–Trinajstić information content (AvgIpc) is 3.36. The first-order valence-corrected chi connectivity index (χ1v) is 10.5. The van der Waals surface area contributed by atoms with Gasteiger partial charge in [0.05, 0.1) is 12.1 Å². The molecule has 1 aromatic heterocycles. The molecule has 0 unspecified atom stereocenters. The van der Waals surface area contributed by atoms with Crippen LogP contribution in [0.4, 0.5) is 0 Å². The smallest absolute Gasteiger partial charge is 0.311 e. The molecule has 154 valence electrons. The van der Waals surface area contributed by atoms with Gasteiger partial charge in [-0.3, -0.25) is 9.59 Å². The molecule has 0 N–H and O–H groups in total. The van der Waals surface area contributed by atoms with Crippen molar-refractivity contribution in [2.75, 3.05) is 6.54 Å². The number of hydrogen-bond acceptors (Lipinski definition) is 5. The Bertz CT molecular complexity index is 863.